The van der Waals surface area contributed by atoms with E-state index in [4.69, 9.17) is 16.3 Å². The molecular weight excluding hydrogens is 467 g/mol. The fourth-order valence-electron chi connectivity index (χ4n) is 2.01. The first-order chi connectivity index (χ1) is 11.9. The number of benzene rings is 1. The molecule has 0 saturated heterocycles. The van der Waals surface area contributed by atoms with Gasteiger partial charge in [-0.2, -0.15) is 0 Å². The molecule has 1 unspecified atom stereocenters. The molecule has 1 amide bonds. The maximum Gasteiger partial charge on any atom is 0.243 e. The number of carbonyl (C=O) groups is 1. The van der Waals surface area contributed by atoms with Crippen LogP contribution < -0.4 is 10.6 Å². The number of aliphatic imine (C=N–C) groups is 1. The second-order valence-corrected chi connectivity index (χ2v) is 6.28. The molecule has 148 valence electrons. The molecule has 0 heterocycles. The smallest absolute Gasteiger partial charge is 0.243 e. The third-order valence-electron chi connectivity index (χ3n) is 3.56. The van der Waals surface area contributed by atoms with Crippen molar-refractivity contribution in [1.82, 2.24) is 15.5 Å². The highest BCUT2D eigenvalue weighted by Gasteiger charge is 2.09. The van der Waals surface area contributed by atoms with Gasteiger partial charge in [0.05, 0.1) is 6.04 Å². The molecule has 0 fully saturated rings. The fourth-order valence-corrected chi connectivity index (χ4v) is 2.13. The van der Waals surface area contributed by atoms with E-state index in [0.717, 1.165) is 18.5 Å². The van der Waals surface area contributed by atoms with Gasteiger partial charge in [-0.3, -0.25) is 4.79 Å². The maximum absolute atomic E-state index is 11.8. The van der Waals surface area contributed by atoms with Crippen molar-refractivity contribution in [2.24, 2.45) is 4.99 Å². The van der Waals surface area contributed by atoms with Gasteiger partial charge >= 0.3 is 0 Å². The van der Waals surface area contributed by atoms with Crippen LogP contribution in [0.1, 0.15) is 31.9 Å². The highest BCUT2D eigenvalue weighted by atomic mass is 127. The Morgan fingerprint density at radius 2 is 1.96 bits per heavy atom. The van der Waals surface area contributed by atoms with E-state index < -0.39 is 0 Å². The van der Waals surface area contributed by atoms with Gasteiger partial charge in [0.2, 0.25) is 5.91 Å². The largest absolute Gasteiger partial charge is 0.382 e. The number of hydrogen-bond donors (Lipinski definition) is 2. The van der Waals surface area contributed by atoms with E-state index >= 15 is 0 Å². The lowest BCUT2D eigenvalue weighted by molar-refractivity contribution is -0.127. The highest BCUT2D eigenvalue weighted by molar-refractivity contribution is 14.0. The van der Waals surface area contributed by atoms with Gasteiger partial charge < -0.3 is 20.3 Å². The lowest BCUT2D eigenvalue weighted by atomic mass is 10.1. The van der Waals surface area contributed by atoms with Crippen LogP contribution in [0.15, 0.2) is 29.3 Å². The summed E-state index contributed by atoms with van der Waals surface area (Å²) in [6.07, 6.45) is 0.867. The number of nitrogens with zero attached hydrogens (tertiary/aromatic N) is 2. The Hall–Kier alpha value is -1.06. The molecule has 0 radical (unpaired) electrons. The van der Waals surface area contributed by atoms with Crippen LogP contribution in [0.3, 0.4) is 0 Å². The third kappa shape index (κ3) is 10.2. The molecule has 0 spiro atoms. The van der Waals surface area contributed by atoms with Crippen LogP contribution in [0.4, 0.5) is 0 Å². The summed E-state index contributed by atoms with van der Waals surface area (Å²) in [5.74, 6) is 0.559. The average Bonchev–Trinajstić information content (AvgIpc) is 2.59. The van der Waals surface area contributed by atoms with Crippen molar-refractivity contribution in [3.63, 3.8) is 0 Å². The minimum Gasteiger partial charge on any atom is -0.382 e. The molecule has 1 atom stereocenters. The van der Waals surface area contributed by atoms with Gasteiger partial charge in [-0.15, -0.1) is 24.0 Å². The van der Waals surface area contributed by atoms with Crippen molar-refractivity contribution in [1.29, 1.82) is 0 Å². The van der Waals surface area contributed by atoms with Crippen LogP contribution in [0.25, 0.3) is 0 Å². The molecule has 0 aliphatic rings. The quantitative estimate of drug-likeness (QED) is 0.239. The molecule has 0 saturated carbocycles. The van der Waals surface area contributed by atoms with E-state index in [1.807, 2.05) is 38.1 Å². The van der Waals surface area contributed by atoms with Gasteiger partial charge in [-0.05, 0) is 38.0 Å². The number of rotatable bonds is 9. The van der Waals surface area contributed by atoms with E-state index in [1.54, 1.807) is 14.1 Å². The van der Waals surface area contributed by atoms with Crippen LogP contribution in [0.5, 0.6) is 0 Å². The monoisotopic (exact) mass is 496 g/mol. The molecule has 8 heteroatoms. The Kier molecular flexibility index (Phi) is 13.5. The predicted octanol–water partition coefficient (Wildman–Crippen LogP) is 3.07. The number of hydrogen-bond acceptors (Lipinski definition) is 3. The van der Waals surface area contributed by atoms with Gasteiger partial charge in [0, 0.05) is 38.9 Å². The van der Waals surface area contributed by atoms with Crippen molar-refractivity contribution in [3.8, 4) is 0 Å². The van der Waals surface area contributed by atoms with Crippen molar-refractivity contribution >= 4 is 47.4 Å². The first kappa shape index (κ1) is 24.9. The Bertz CT molecular complexity index is 553. The van der Waals surface area contributed by atoms with Crippen LogP contribution in [-0.4, -0.2) is 57.2 Å². The van der Waals surface area contributed by atoms with Gasteiger partial charge in [-0.25, -0.2) is 4.99 Å². The zero-order valence-corrected chi connectivity index (χ0v) is 19.0. The van der Waals surface area contributed by atoms with E-state index in [2.05, 4.69) is 15.6 Å². The van der Waals surface area contributed by atoms with Gasteiger partial charge in [0.25, 0.3) is 0 Å². The topological polar surface area (TPSA) is 66.0 Å². The summed E-state index contributed by atoms with van der Waals surface area (Å²) in [7, 11) is 3.44. The molecule has 26 heavy (non-hydrogen) atoms. The Morgan fingerprint density at radius 1 is 1.31 bits per heavy atom. The minimum absolute atomic E-state index is 0. The van der Waals surface area contributed by atoms with E-state index in [1.165, 1.54) is 4.90 Å². The zero-order valence-electron chi connectivity index (χ0n) is 15.9. The molecule has 2 N–H and O–H groups in total. The summed E-state index contributed by atoms with van der Waals surface area (Å²) in [4.78, 5) is 17.7. The van der Waals surface area contributed by atoms with E-state index in [-0.39, 0.29) is 42.5 Å². The summed E-state index contributed by atoms with van der Waals surface area (Å²) in [5, 5.41) is 7.27. The molecule has 6 nitrogen and oxygen atoms in total. The molecule has 0 aliphatic heterocycles. The molecule has 1 aromatic rings. The Morgan fingerprint density at radius 3 is 2.54 bits per heavy atom. The van der Waals surface area contributed by atoms with Crippen LogP contribution >= 0.6 is 35.6 Å². The molecule has 1 rings (SSSR count). The summed E-state index contributed by atoms with van der Waals surface area (Å²) in [6.45, 7) is 6.23. The van der Waals surface area contributed by atoms with Crippen molar-refractivity contribution in [2.45, 2.75) is 26.3 Å². The Labute approximate surface area is 178 Å². The number of guanidine groups is 1. The molecule has 0 bridgehead atoms. The summed E-state index contributed by atoms with van der Waals surface area (Å²) in [5.41, 5.74) is 1.09. The van der Waals surface area contributed by atoms with Crippen LogP contribution in [0.2, 0.25) is 5.02 Å². The van der Waals surface area contributed by atoms with E-state index in [0.29, 0.717) is 24.2 Å². The minimum atomic E-state index is -0.0467. The second-order valence-electron chi connectivity index (χ2n) is 5.85. The SMILES string of the molecule is CCOCCCNC(=NCC(=O)N(C)C)NC(C)c1ccc(Cl)cc1.I. The van der Waals surface area contributed by atoms with Crippen LogP contribution in [-0.2, 0) is 9.53 Å². The van der Waals surface area contributed by atoms with E-state index in [9.17, 15) is 4.79 Å². The third-order valence-corrected chi connectivity index (χ3v) is 3.81. The maximum atomic E-state index is 11.8. The first-order valence-electron chi connectivity index (χ1n) is 8.52. The number of ether oxygens (including phenoxy) is 1. The predicted molar refractivity (Wildman–Crippen MR) is 119 cm³/mol. The number of amides is 1. The lowest BCUT2D eigenvalue weighted by Crippen LogP contribution is -2.40. The number of carbonyl (C=O) groups excluding carboxylic acids is 1. The standard InChI is InChI=1S/C18H29ClN4O2.HI/c1-5-25-12-6-11-20-18(21-13-17(24)23(3)4)22-14(2)15-7-9-16(19)10-8-15;/h7-10,14H,5-6,11-13H2,1-4H3,(H2,20,21,22);1H. The van der Waals surface area contributed by atoms with Crippen LogP contribution in [0, 0.1) is 0 Å². The molecule has 0 aliphatic carbocycles. The normalized spacial score (nSPS) is 12.1. The number of nitrogens with one attached hydrogen (secondary N) is 2. The average molecular weight is 497 g/mol. The first-order valence-corrected chi connectivity index (χ1v) is 8.90. The zero-order chi connectivity index (χ0) is 18.7. The molecule has 0 aromatic heterocycles. The summed E-state index contributed by atoms with van der Waals surface area (Å²) < 4.78 is 5.33. The molecule has 1 aromatic carbocycles. The van der Waals surface area contributed by atoms with Gasteiger partial charge in [0.1, 0.15) is 6.54 Å². The van der Waals surface area contributed by atoms with Crippen molar-refractivity contribution in [2.75, 3.05) is 40.4 Å². The summed E-state index contributed by atoms with van der Waals surface area (Å²) >= 11 is 5.94. The molecular formula is C18H30ClIN4O2. The second kappa shape index (κ2) is 14.1. The highest BCUT2D eigenvalue weighted by Crippen LogP contribution is 2.15. The fraction of sp³-hybridized carbons (Fsp3) is 0.556. The van der Waals surface area contributed by atoms with Crippen molar-refractivity contribution in [3.05, 3.63) is 34.9 Å². The number of likely N-dealkylation sites (N-methyl/N-ethyl adjacent to an activating group) is 1. The van der Waals surface area contributed by atoms with Gasteiger partial charge in [0.15, 0.2) is 5.96 Å². The van der Waals surface area contributed by atoms with Crippen molar-refractivity contribution < 1.29 is 9.53 Å². The van der Waals surface area contributed by atoms with Gasteiger partial charge in [-0.1, -0.05) is 23.7 Å². The number of halogens is 2. The lowest BCUT2D eigenvalue weighted by Gasteiger charge is -2.19. The Balaban J connectivity index is 0.00000625. The summed E-state index contributed by atoms with van der Waals surface area (Å²) in [6, 6.07) is 7.69.